The van der Waals surface area contributed by atoms with Crippen LogP contribution in [0, 0.1) is 0 Å². The van der Waals surface area contributed by atoms with Crippen molar-refractivity contribution in [2.45, 2.75) is 75.7 Å². The molecule has 0 aromatic heterocycles. The summed E-state index contributed by atoms with van der Waals surface area (Å²) >= 11 is 1.37. The number of unbranched alkanes of at least 4 members (excludes halogenated alkanes) is 3. The molecule has 0 saturated carbocycles. The van der Waals surface area contributed by atoms with E-state index in [1.165, 1.54) is 11.8 Å². The topological polar surface area (TPSA) is 150 Å². The van der Waals surface area contributed by atoms with Crippen molar-refractivity contribution in [3.05, 3.63) is 48.6 Å². The lowest BCUT2D eigenvalue weighted by molar-refractivity contribution is -0.138. The summed E-state index contributed by atoms with van der Waals surface area (Å²) in [5.41, 5.74) is 5.86. The number of aliphatic hydroxyl groups is 1. The van der Waals surface area contributed by atoms with Gasteiger partial charge in [-0.2, -0.15) is 0 Å². The van der Waals surface area contributed by atoms with Crippen LogP contribution in [-0.4, -0.2) is 62.9 Å². The second-order valence-corrected chi connectivity index (χ2v) is 8.98. The van der Waals surface area contributed by atoms with E-state index in [4.69, 9.17) is 15.9 Å². The average Bonchev–Trinajstić information content (AvgIpc) is 2.79. The molecule has 0 aromatic rings. The van der Waals surface area contributed by atoms with Crippen molar-refractivity contribution >= 4 is 29.6 Å². The van der Waals surface area contributed by atoms with Gasteiger partial charge >= 0.3 is 11.9 Å². The highest BCUT2D eigenvalue weighted by molar-refractivity contribution is 8.00. The first-order valence-electron chi connectivity index (χ1n) is 11.7. The minimum Gasteiger partial charge on any atom is -0.481 e. The summed E-state index contributed by atoms with van der Waals surface area (Å²) in [6.07, 6.45) is 20.8. The molecular weight excluding hydrogens is 456 g/mol. The molecule has 0 aliphatic heterocycles. The molecule has 1 amide bonds. The number of allylic oxidation sites excluding steroid dienone is 7. The average molecular weight is 497 g/mol. The van der Waals surface area contributed by atoms with Gasteiger partial charge in [0.25, 0.3) is 0 Å². The molecule has 0 bridgehead atoms. The number of carbonyl (C=O) groups excluding carboxylic acids is 1. The van der Waals surface area contributed by atoms with Gasteiger partial charge in [-0.25, -0.2) is 0 Å². The summed E-state index contributed by atoms with van der Waals surface area (Å²) < 4.78 is 0. The highest BCUT2D eigenvalue weighted by Crippen LogP contribution is 2.21. The maximum absolute atomic E-state index is 11.9. The standard InChI is InChI=1S/C25H40N2O6S/c1-2-3-12-15-21(28)22(34-19-20(26)25(33)27-18-24(31)32)16-13-10-8-6-4-5-7-9-11-14-17-23(29)30/h4,6-10,13,16,20-22,28H,2-3,5,11-12,14-15,17-19,26H2,1H3,(H,27,33)(H,29,30)(H,31,32). The van der Waals surface area contributed by atoms with E-state index in [9.17, 15) is 19.5 Å². The van der Waals surface area contributed by atoms with Gasteiger partial charge in [0.1, 0.15) is 6.54 Å². The molecular formula is C25H40N2O6S. The van der Waals surface area contributed by atoms with E-state index in [-0.39, 0.29) is 17.4 Å². The largest absolute Gasteiger partial charge is 0.481 e. The Morgan fingerprint density at radius 3 is 2.38 bits per heavy atom. The number of amides is 1. The molecule has 6 N–H and O–H groups in total. The summed E-state index contributed by atoms with van der Waals surface area (Å²) in [6.45, 7) is 1.62. The molecule has 0 heterocycles. The number of aliphatic hydroxyl groups excluding tert-OH is 1. The number of carboxylic acids is 2. The minimum absolute atomic E-state index is 0.186. The number of thioether (sulfide) groups is 1. The third kappa shape index (κ3) is 19.1. The maximum atomic E-state index is 11.9. The van der Waals surface area contributed by atoms with Gasteiger partial charge in [0, 0.05) is 17.4 Å². The Hall–Kier alpha value is -2.36. The number of rotatable bonds is 20. The van der Waals surface area contributed by atoms with Crippen LogP contribution in [0.1, 0.15) is 58.3 Å². The van der Waals surface area contributed by atoms with Crippen LogP contribution in [0.4, 0.5) is 0 Å². The van der Waals surface area contributed by atoms with Crippen LogP contribution >= 0.6 is 11.8 Å². The number of nitrogens with two attached hydrogens (primary N) is 1. The van der Waals surface area contributed by atoms with E-state index in [0.717, 1.165) is 32.1 Å². The van der Waals surface area contributed by atoms with Gasteiger partial charge in [-0.3, -0.25) is 14.4 Å². The Bertz CT molecular complexity index is 706. The summed E-state index contributed by atoms with van der Waals surface area (Å²) in [5, 5.41) is 29.8. The van der Waals surface area contributed by atoms with Crippen molar-refractivity contribution in [1.29, 1.82) is 0 Å². The Morgan fingerprint density at radius 2 is 1.71 bits per heavy atom. The van der Waals surface area contributed by atoms with Crippen molar-refractivity contribution in [2.75, 3.05) is 12.3 Å². The number of hydrogen-bond donors (Lipinski definition) is 5. The van der Waals surface area contributed by atoms with Crippen LogP contribution in [0.2, 0.25) is 0 Å². The van der Waals surface area contributed by atoms with Crippen LogP contribution < -0.4 is 11.1 Å². The number of aliphatic carboxylic acids is 2. The SMILES string of the molecule is CCCCCC(O)C(C=CC=CC=CCC=CCCCC(=O)O)SCC(N)C(=O)NCC(=O)O. The minimum atomic E-state index is -1.13. The summed E-state index contributed by atoms with van der Waals surface area (Å²) in [7, 11) is 0. The fourth-order valence-corrected chi connectivity index (χ4v) is 3.91. The highest BCUT2D eigenvalue weighted by atomic mass is 32.2. The Balaban J connectivity index is 4.61. The van der Waals surface area contributed by atoms with Crippen LogP contribution in [0.25, 0.3) is 0 Å². The van der Waals surface area contributed by atoms with Crippen molar-refractivity contribution in [2.24, 2.45) is 5.73 Å². The Morgan fingerprint density at radius 1 is 0.971 bits per heavy atom. The van der Waals surface area contributed by atoms with Crippen LogP contribution in [-0.2, 0) is 14.4 Å². The van der Waals surface area contributed by atoms with Crippen molar-refractivity contribution in [1.82, 2.24) is 5.32 Å². The zero-order valence-electron chi connectivity index (χ0n) is 20.0. The van der Waals surface area contributed by atoms with Crippen LogP contribution in [0.15, 0.2) is 48.6 Å². The molecule has 0 rings (SSSR count). The molecule has 0 radical (unpaired) electrons. The van der Waals surface area contributed by atoms with Crippen molar-refractivity contribution < 1.29 is 29.7 Å². The van der Waals surface area contributed by atoms with Gasteiger partial charge in [-0.1, -0.05) is 74.8 Å². The second kappa shape index (κ2) is 21.2. The molecule has 34 heavy (non-hydrogen) atoms. The van der Waals surface area contributed by atoms with E-state index in [1.807, 2.05) is 48.6 Å². The first-order valence-corrected chi connectivity index (χ1v) is 12.7. The van der Waals surface area contributed by atoms with Gasteiger partial charge in [-0.15, -0.1) is 11.8 Å². The smallest absolute Gasteiger partial charge is 0.322 e. The molecule has 3 atom stereocenters. The molecule has 0 aromatic carbocycles. The van der Waals surface area contributed by atoms with Crippen LogP contribution in [0.3, 0.4) is 0 Å². The predicted molar refractivity (Wildman–Crippen MR) is 138 cm³/mol. The van der Waals surface area contributed by atoms with E-state index in [1.54, 1.807) is 0 Å². The van der Waals surface area contributed by atoms with Gasteiger partial charge in [0.2, 0.25) is 5.91 Å². The number of carbonyl (C=O) groups is 3. The first-order chi connectivity index (χ1) is 16.3. The van der Waals surface area contributed by atoms with Gasteiger partial charge < -0.3 is 26.4 Å². The normalized spacial score (nSPS) is 14.8. The summed E-state index contributed by atoms with van der Waals surface area (Å²) in [6, 6.07) is -0.862. The third-order valence-electron chi connectivity index (χ3n) is 4.67. The van der Waals surface area contributed by atoms with Gasteiger partial charge in [0.05, 0.1) is 12.1 Å². The first kappa shape index (κ1) is 31.6. The van der Waals surface area contributed by atoms with Gasteiger partial charge in [0.15, 0.2) is 0 Å². The van der Waals surface area contributed by atoms with E-state index in [2.05, 4.69) is 12.2 Å². The second-order valence-electron chi connectivity index (χ2n) is 7.77. The highest BCUT2D eigenvalue weighted by Gasteiger charge is 2.20. The molecule has 0 fully saturated rings. The quantitative estimate of drug-likeness (QED) is 0.0977. The molecule has 9 heteroatoms. The van der Waals surface area contributed by atoms with Crippen molar-refractivity contribution in [3.63, 3.8) is 0 Å². The molecule has 192 valence electrons. The summed E-state index contributed by atoms with van der Waals surface area (Å²) in [5.74, 6) is -2.18. The number of carboxylic acid groups (broad SMARTS) is 2. The fraction of sp³-hybridized carbons (Fsp3) is 0.560. The molecule has 0 aliphatic rings. The Kier molecular flexibility index (Phi) is 19.7. The number of nitrogens with one attached hydrogen (secondary N) is 1. The third-order valence-corrected chi connectivity index (χ3v) is 6.08. The maximum Gasteiger partial charge on any atom is 0.322 e. The summed E-state index contributed by atoms with van der Waals surface area (Å²) in [4.78, 5) is 32.9. The predicted octanol–water partition coefficient (Wildman–Crippen LogP) is 3.43. The zero-order valence-corrected chi connectivity index (χ0v) is 20.8. The van der Waals surface area contributed by atoms with Gasteiger partial charge in [-0.05, 0) is 25.7 Å². The molecule has 0 aliphatic carbocycles. The van der Waals surface area contributed by atoms with Crippen LogP contribution in [0.5, 0.6) is 0 Å². The van der Waals surface area contributed by atoms with E-state index < -0.39 is 36.5 Å². The lowest BCUT2D eigenvalue weighted by Crippen LogP contribution is -2.44. The Labute approximate surface area is 207 Å². The molecule has 3 unspecified atom stereocenters. The monoisotopic (exact) mass is 496 g/mol. The lowest BCUT2D eigenvalue weighted by Gasteiger charge is -2.21. The molecule has 0 spiro atoms. The van der Waals surface area contributed by atoms with E-state index >= 15 is 0 Å². The fourth-order valence-electron chi connectivity index (χ4n) is 2.77. The number of hydrogen-bond acceptors (Lipinski definition) is 6. The molecule has 8 nitrogen and oxygen atoms in total. The van der Waals surface area contributed by atoms with E-state index in [0.29, 0.717) is 12.8 Å². The molecule has 0 saturated heterocycles. The van der Waals surface area contributed by atoms with Crippen molar-refractivity contribution in [3.8, 4) is 0 Å². The lowest BCUT2D eigenvalue weighted by atomic mass is 10.1. The zero-order chi connectivity index (χ0) is 25.6.